The molecule has 1 saturated heterocycles. The first-order valence-electron chi connectivity index (χ1n) is 10.1. The number of likely N-dealkylation sites (N-methyl/N-ethyl adjacent to an activating group) is 1. The van der Waals surface area contributed by atoms with E-state index in [-0.39, 0.29) is 12.5 Å². The summed E-state index contributed by atoms with van der Waals surface area (Å²) in [6, 6.07) is 11.0. The van der Waals surface area contributed by atoms with Crippen LogP contribution >= 0.6 is 0 Å². The van der Waals surface area contributed by atoms with E-state index >= 15 is 0 Å². The van der Waals surface area contributed by atoms with Crippen molar-refractivity contribution in [2.75, 3.05) is 46.8 Å². The van der Waals surface area contributed by atoms with Gasteiger partial charge in [0.15, 0.2) is 5.96 Å². The lowest BCUT2D eigenvalue weighted by Gasteiger charge is -2.29. The lowest BCUT2D eigenvalue weighted by molar-refractivity contribution is -0.127. The Balaban J connectivity index is 2.03. The Kier molecular flexibility index (Phi) is 9.11. The Hall–Kier alpha value is -2.08. The Labute approximate surface area is 164 Å². The molecule has 0 aromatic heterocycles. The minimum Gasteiger partial charge on any atom is -0.356 e. The molecular formula is C21H35N5O. The van der Waals surface area contributed by atoms with Crippen LogP contribution in [0.5, 0.6) is 0 Å². The van der Waals surface area contributed by atoms with Crippen LogP contribution in [0.2, 0.25) is 0 Å². The molecule has 1 heterocycles. The average Bonchev–Trinajstić information content (AvgIpc) is 3.20. The number of carbonyl (C=O) groups is 1. The second-order valence-electron chi connectivity index (χ2n) is 7.28. The van der Waals surface area contributed by atoms with Crippen molar-refractivity contribution in [1.82, 2.24) is 20.4 Å². The molecule has 1 fully saturated rings. The monoisotopic (exact) mass is 373 g/mol. The lowest BCUT2D eigenvalue weighted by Crippen LogP contribution is -2.43. The third-order valence-corrected chi connectivity index (χ3v) is 4.92. The predicted molar refractivity (Wildman–Crippen MR) is 112 cm³/mol. The van der Waals surface area contributed by atoms with Crippen LogP contribution < -0.4 is 10.6 Å². The van der Waals surface area contributed by atoms with Crippen molar-refractivity contribution in [3.8, 4) is 0 Å². The summed E-state index contributed by atoms with van der Waals surface area (Å²) in [5, 5.41) is 6.84. The van der Waals surface area contributed by atoms with E-state index in [9.17, 15) is 4.79 Å². The zero-order valence-corrected chi connectivity index (χ0v) is 17.1. The van der Waals surface area contributed by atoms with Crippen molar-refractivity contribution in [3.05, 3.63) is 35.9 Å². The van der Waals surface area contributed by atoms with Gasteiger partial charge in [-0.1, -0.05) is 43.7 Å². The van der Waals surface area contributed by atoms with Crippen LogP contribution in [-0.2, 0) is 4.79 Å². The summed E-state index contributed by atoms with van der Waals surface area (Å²) in [6.07, 6.45) is 4.72. The summed E-state index contributed by atoms with van der Waals surface area (Å²) in [4.78, 5) is 20.5. The second-order valence-corrected chi connectivity index (χ2v) is 7.28. The molecule has 1 aromatic carbocycles. The van der Waals surface area contributed by atoms with Crippen LogP contribution in [0, 0.1) is 0 Å². The van der Waals surface area contributed by atoms with Gasteiger partial charge in [0.1, 0.15) is 6.54 Å². The molecular weight excluding hydrogens is 338 g/mol. The number of aliphatic imine (C=N–C) groups is 1. The molecule has 6 nitrogen and oxygen atoms in total. The molecule has 2 rings (SSSR count). The van der Waals surface area contributed by atoms with E-state index in [4.69, 9.17) is 0 Å². The molecule has 1 aliphatic rings. The number of hydrogen-bond acceptors (Lipinski definition) is 3. The molecule has 150 valence electrons. The molecule has 1 amide bonds. The highest BCUT2D eigenvalue weighted by atomic mass is 16.2. The summed E-state index contributed by atoms with van der Waals surface area (Å²) in [5.74, 6) is 0.726. The molecule has 0 spiro atoms. The van der Waals surface area contributed by atoms with E-state index in [1.54, 1.807) is 19.0 Å². The zero-order chi connectivity index (χ0) is 19.5. The van der Waals surface area contributed by atoms with E-state index in [2.05, 4.69) is 57.8 Å². The van der Waals surface area contributed by atoms with E-state index in [0.717, 1.165) is 45.0 Å². The summed E-state index contributed by atoms with van der Waals surface area (Å²) in [7, 11) is 3.52. The van der Waals surface area contributed by atoms with E-state index in [1.807, 2.05) is 0 Å². The van der Waals surface area contributed by atoms with Crippen LogP contribution in [0.25, 0.3) is 0 Å². The van der Waals surface area contributed by atoms with Gasteiger partial charge in [-0.2, -0.15) is 0 Å². The van der Waals surface area contributed by atoms with Crippen LogP contribution in [0.1, 0.15) is 44.2 Å². The molecule has 0 bridgehead atoms. The molecule has 1 atom stereocenters. The highest BCUT2D eigenvalue weighted by Gasteiger charge is 2.23. The van der Waals surface area contributed by atoms with Crippen LogP contribution in [-0.4, -0.2) is 68.5 Å². The third-order valence-electron chi connectivity index (χ3n) is 4.92. The van der Waals surface area contributed by atoms with Crippen LogP contribution in [0.3, 0.4) is 0 Å². The number of nitrogens with one attached hydrogen (secondary N) is 2. The summed E-state index contributed by atoms with van der Waals surface area (Å²) in [6.45, 7) is 6.23. The average molecular weight is 374 g/mol. The SMILES string of the molecule is CCCCNC(=NCC(=O)N(C)C)NCC(c1ccccc1)N1CCCC1. The molecule has 1 unspecified atom stereocenters. The van der Waals surface area contributed by atoms with Gasteiger partial charge >= 0.3 is 0 Å². The number of nitrogens with zero attached hydrogens (tertiary/aromatic N) is 3. The molecule has 1 aliphatic heterocycles. The van der Waals surface area contributed by atoms with Gasteiger partial charge in [0.2, 0.25) is 5.91 Å². The van der Waals surface area contributed by atoms with Gasteiger partial charge in [-0.15, -0.1) is 0 Å². The molecule has 0 saturated carbocycles. The first-order valence-corrected chi connectivity index (χ1v) is 10.1. The number of rotatable bonds is 9. The van der Waals surface area contributed by atoms with Gasteiger partial charge in [0.05, 0.1) is 6.04 Å². The van der Waals surface area contributed by atoms with Gasteiger partial charge < -0.3 is 15.5 Å². The Morgan fingerprint density at radius 1 is 1.19 bits per heavy atom. The summed E-state index contributed by atoms with van der Waals surface area (Å²) in [5.41, 5.74) is 1.32. The number of carbonyl (C=O) groups excluding carboxylic acids is 1. The highest BCUT2D eigenvalue weighted by molar-refractivity contribution is 5.84. The minimum atomic E-state index is 0.00532. The molecule has 2 N–H and O–H groups in total. The fraction of sp³-hybridized carbons (Fsp3) is 0.619. The second kappa shape index (κ2) is 11.6. The molecule has 1 aromatic rings. The Morgan fingerprint density at radius 3 is 2.52 bits per heavy atom. The topological polar surface area (TPSA) is 60.0 Å². The Morgan fingerprint density at radius 2 is 1.89 bits per heavy atom. The van der Waals surface area contributed by atoms with Crippen LogP contribution in [0.15, 0.2) is 35.3 Å². The molecule has 0 radical (unpaired) electrons. The number of guanidine groups is 1. The Bertz CT molecular complexity index is 581. The first-order chi connectivity index (χ1) is 13.1. The van der Waals surface area contributed by atoms with Gasteiger partial charge in [-0.25, -0.2) is 4.99 Å². The number of hydrogen-bond donors (Lipinski definition) is 2. The van der Waals surface area contributed by atoms with Crippen molar-refractivity contribution in [3.63, 3.8) is 0 Å². The van der Waals surface area contributed by atoms with E-state index in [0.29, 0.717) is 6.04 Å². The largest absolute Gasteiger partial charge is 0.356 e. The quantitative estimate of drug-likeness (QED) is 0.396. The number of unbranched alkanes of at least 4 members (excludes halogenated alkanes) is 1. The van der Waals surface area contributed by atoms with Crippen molar-refractivity contribution >= 4 is 11.9 Å². The van der Waals surface area contributed by atoms with Gasteiger partial charge in [-0.05, 0) is 37.9 Å². The van der Waals surface area contributed by atoms with E-state index in [1.165, 1.54) is 18.4 Å². The normalized spacial score (nSPS) is 16.2. The molecule has 0 aliphatic carbocycles. The minimum absolute atomic E-state index is 0.00532. The molecule has 27 heavy (non-hydrogen) atoms. The van der Waals surface area contributed by atoms with Crippen LogP contribution in [0.4, 0.5) is 0 Å². The standard InChI is InChI=1S/C21H35N5O/c1-4-5-13-22-21(24-17-20(27)25(2)3)23-16-19(26-14-9-10-15-26)18-11-7-6-8-12-18/h6-8,11-12,19H,4-5,9-10,13-17H2,1-3H3,(H2,22,23,24). The van der Waals surface area contributed by atoms with Crippen molar-refractivity contribution in [1.29, 1.82) is 0 Å². The zero-order valence-electron chi connectivity index (χ0n) is 17.1. The maximum Gasteiger partial charge on any atom is 0.243 e. The highest BCUT2D eigenvalue weighted by Crippen LogP contribution is 2.24. The predicted octanol–water partition coefficient (Wildman–Crippen LogP) is 2.25. The lowest BCUT2D eigenvalue weighted by atomic mass is 10.1. The molecule has 6 heteroatoms. The fourth-order valence-electron chi connectivity index (χ4n) is 3.23. The van der Waals surface area contributed by atoms with Crippen molar-refractivity contribution in [2.45, 2.75) is 38.6 Å². The maximum absolute atomic E-state index is 11.9. The first kappa shape index (κ1) is 21.2. The van der Waals surface area contributed by atoms with Gasteiger partial charge in [0, 0.05) is 27.2 Å². The number of benzene rings is 1. The maximum atomic E-state index is 11.9. The van der Waals surface area contributed by atoms with Crippen molar-refractivity contribution in [2.24, 2.45) is 4.99 Å². The van der Waals surface area contributed by atoms with Gasteiger partial charge in [-0.3, -0.25) is 9.69 Å². The summed E-state index contributed by atoms with van der Waals surface area (Å²) < 4.78 is 0. The fourth-order valence-corrected chi connectivity index (χ4v) is 3.23. The number of amides is 1. The smallest absolute Gasteiger partial charge is 0.243 e. The van der Waals surface area contributed by atoms with Crippen molar-refractivity contribution < 1.29 is 4.79 Å². The van der Waals surface area contributed by atoms with E-state index < -0.39 is 0 Å². The number of likely N-dealkylation sites (tertiary alicyclic amines) is 1. The summed E-state index contributed by atoms with van der Waals surface area (Å²) >= 11 is 0. The van der Waals surface area contributed by atoms with Gasteiger partial charge in [0.25, 0.3) is 0 Å². The third kappa shape index (κ3) is 7.21.